The molecule has 1 N–H and O–H groups in total. The van der Waals surface area contributed by atoms with Crippen molar-refractivity contribution >= 4 is 22.6 Å². The highest BCUT2D eigenvalue weighted by molar-refractivity contribution is 7.85. The van der Waals surface area contributed by atoms with Crippen LogP contribution in [0.2, 0.25) is 0 Å². The van der Waals surface area contributed by atoms with Crippen molar-refractivity contribution in [3.8, 4) is 0 Å². The van der Waals surface area contributed by atoms with Gasteiger partial charge in [-0.05, 0) is 50.5 Å². The SMILES string of the molecule is CCC(CC)C(=O)N[C@H]1CCCC[C@H]2CC[C@@H](CS(=O)CCc3ccccc3)N2C1=O. The number of nitrogens with zero attached hydrogens (tertiary/aromatic N) is 1. The van der Waals surface area contributed by atoms with Gasteiger partial charge >= 0.3 is 0 Å². The molecule has 31 heavy (non-hydrogen) atoms. The molecule has 2 amide bonds. The maximum Gasteiger partial charge on any atom is 0.245 e. The number of carbonyl (C=O) groups excluding carboxylic acids is 2. The monoisotopic (exact) mass is 446 g/mol. The van der Waals surface area contributed by atoms with Crippen LogP contribution in [0.4, 0.5) is 0 Å². The highest BCUT2D eigenvalue weighted by Crippen LogP contribution is 2.32. The Morgan fingerprint density at radius 2 is 1.81 bits per heavy atom. The third-order valence-corrected chi connectivity index (χ3v) is 8.38. The van der Waals surface area contributed by atoms with Gasteiger partial charge in [-0.15, -0.1) is 0 Å². The third-order valence-electron chi connectivity index (χ3n) is 6.97. The molecule has 2 fully saturated rings. The number of fused-ring (bicyclic) bond motifs is 1. The van der Waals surface area contributed by atoms with E-state index in [0.717, 1.165) is 51.4 Å². The molecule has 1 aromatic carbocycles. The molecule has 4 atom stereocenters. The van der Waals surface area contributed by atoms with E-state index in [0.29, 0.717) is 17.9 Å². The predicted octanol–water partition coefficient (Wildman–Crippen LogP) is 3.83. The van der Waals surface area contributed by atoms with E-state index in [1.165, 1.54) is 5.56 Å². The Labute approximate surface area is 189 Å². The molecular formula is C25H38N2O3S. The molecule has 0 saturated carbocycles. The maximum atomic E-state index is 13.5. The Morgan fingerprint density at radius 3 is 2.52 bits per heavy atom. The topological polar surface area (TPSA) is 66.5 Å². The number of hydrogen-bond donors (Lipinski definition) is 1. The van der Waals surface area contributed by atoms with Crippen molar-refractivity contribution in [2.75, 3.05) is 11.5 Å². The van der Waals surface area contributed by atoms with Crippen molar-refractivity contribution in [2.45, 2.75) is 89.8 Å². The fourth-order valence-electron chi connectivity index (χ4n) is 5.06. The number of hydrogen-bond acceptors (Lipinski definition) is 3. The van der Waals surface area contributed by atoms with Gasteiger partial charge in [0.15, 0.2) is 0 Å². The van der Waals surface area contributed by atoms with Crippen LogP contribution >= 0.6 is 0 Å². The smallest absolute Gasteiger partial charge is 0.245 e. The summed E-state index contributed by atoms with van der Waals surface area (Å²) in [6.45, 7) is 4.04. The average molecular weight is 447 g/mol. The van der Waals surface area contributed by atoms with Gasteiger partial charge in [0.2, 0.25) is 11.8 Å². The molecule has 5 nitrogen and oxygen atoms in total. The van der Waals surface area contributed by atoms with Crippen LogP contribution in [-0.2, 0) is 26.8 Å². The van der Waals surface area contributed by atoms with Gasteiger partial charge in [0.1, 0.15) is 6.04 Å². The van der Waals surface area contributed by atoms with Crippen LogP contribution in [0.1, 0.15) is 70.8 Å². The first-order chi connectivity index (χ1) is 15.0. The van der Waals surface area contributed by atoms with E-state index in [4.69, 9.17) is 0 Å². The second-order valence-electron chi connectivity index (χ2n) is 9.04. The van der Waals surface area contributed by atoms with Crippen LogP contribution in [-0.4, -0.2) is 50.6 Å². The Hall–Kier alpha value is -1.69. The molecular weight excluding hydrogens is 408 g/mol. The number of benzene rings is 1. The van der Waals surface area contributed by atoms with E-state index in [1.807, 2.05) is 36.9 Å². The van der Waals surface area contributed by atoms with Gasteiger partial charge in [0.25, 0.3) is 0 Å². The molecule has 0 radical (unpaired) electrons. The van der Waals surface area contributed by atoms with Gasteiger partial charge in [0, 0.05) is 40.3 Å². The molecule has 2 aliphatic rings. The second-order valence-corrected chi connectivity index (χ2v) is 10.7. The zero-order valence-corrected chi connectivity index (χ0v) is 19.9. The van der Waals surface area contributed by atoms with Crippen LogP contribution in [0.15, 0.2) is 30.3 Å². The highest BCUT2D eigenvalue weighted by Gasteiger charge is 2.41. The number of aryl methyl sites for hydroxylation is 1. The molecule has 2 heterocycles. The minimum Gasteiger partial charge on any atom is -0.344 e. The van der Waals surface area contributed by atoms with Gasteiger partial charge < -0.3 is 10.2 Å². The normalized spacial score (nSPS) is 25.1. The lowest BCUT2D eigenvalue weighted by Crippen LogP contribution is -2.55. The van der Waals surface area contributed by atoms with Crippen LogP contribution in [0.5, 0.6) is 0 Å². The molecule has 2 saturated heterocycles. The van der Waals surface area contributed by atoms with Gasteiger partial charge in [-0.3, -0.25) is 13.8 Å². The summed E-state index contributed by atoms with van der Waals surface area (Å²) in [4.78, 5) is 28.2. The zero-order valence-electron chi connectivity index (χ0n) is 19.1. The summed E-state index contributed by atoms with van der Waals surface area (Å²) in [5.74, 6) is 1.19. The maximum absolute atomic E-state index is 13.5. The van der Waals surface area contributed by atoms with Crippen LogP contribution in [0.3, 0.4) is 0 Å². The summed E-state index contributed by atoms with van der Waals surface area (Å²) in [5.41, 5.74) is 1.20. The lowest BCUT2D eigenvalue weighted by molar-refractivity contribution is -0.140. The standard InChI is InChI=1S/C25H38N2O3S/c1-3-20(4-2)24(28)26-23-13-9-8-12-21-14-15-22(27(21)25(23)29)18-31(30)17-16-19-10-6-5-7-11-19/h5-7,10-11,20-23H,3-4,8-9,12-18H2,1-2H3,(H,26,28)/t21-,22-,23-,31?/m0/s1. The summed E-state index contributed by atoms with van der Waals surface area (Å²) in [6.07, 6.45) is 8.06. The molecule has 1 unspecified atom stereocenters. The first-order valence-corrected chi connectivity index (χ1v) is 13.5. The Kier molecular flexibility index (Phi) is 9.12. The van der Waals surface area contributed by atoms with Gasteiger partial charge in [-0.1, -0.05) is 57.0 Å². The van der Waals surface area contributed by atoms with Crippen LogP contribution < -0.4 is 5.32 Å². The summed E-state index contributed by atoms with van der Waals surface area (Å²) in [6, 6.07) is 9.97. The van der Waals surface area contributed by atoms with Crippen LogP contribution in [0.25, 0.3) is 0 Å². The third kappa shape index (κ3) is 6.41. The zero-order chi connectivity index (χ0) is 22.2. The molecule has 2 aliphatic heterocycles. The molecule has 6 heteroatoms. The summed E-state index contributed by atoms with van der Waals surface area (Å²) >= 11 is 0. The van der Waals surface area contributed by atoms with E-state index < -0.39 is 16.8 Å². The predicted molar refractivity (Wildman–Crippen MR) is 126 cm³/mol. The fraction of sp³-hybridized carbons (Fsp3) is 0.680. The van der Waals surface area contributed by atoms with Gasteiger partial charge in [-0.2, -0.15) is 0 Å². The second kappa shape index (κ2) is 11.8. The van der Waals surface area contributed by atoms with Crippen molar-refractivity contribution in [3.05, 3.63) is 35.9 Å². The summed E-state index contributed by atoms with van der Waals surface area (Å²) in [5, 5.41) is 3.07. The minimum absolute atomic E-state index is 0.00246. The lowest BCUT2D eigenvalue weighted by Gasteiger charge is -2.36. The molecule has 0 bridgehead atoms. The van der Waals surface area contributed by atoms with Crippen LogP contribution in [0, 0.1) is 5.92 Å². The minimum atomic E-state index is -0.964. The molecule has 3 rings (SSSR count). The highest BCUT2D eigenvalue weighted by atomic mass is 32.2. The quantitative estimate of drug-likeness (QED) is 0.627. The first kappa shape index (κ1) is 24.0. The van der Waals surface area contributed by atoms with Crippen molar-refractivity contribution in [1.82, 2.24) is 10.2 Å². The largest absolute Gasteiger partial charge is 0.344 e. The summed E-state index contributed by atoms with van der Waals surface area (Å²) in [7, 11) is -0.964. The number of nitrogens with one attached hydrogen (secondary N) is 1. The fourth-order valence-corrected chi connectivity index (χ4v) is 6.44. The van der Waals surface area contributed by atoms with Gasteiger partial charge in [0.05, 0.1) is 0 Å². The van der Waals surface area contributed by atoms with E-state index in [9.17, 15) is 13.8 Å². The van der Waals surface area contributed by atoms with Crippen molar-refractivity contribution in [1.29, 1.82) is 0 Å². The van der Waals surface area contributed by atoms with Crippen molar-refractivity contribution < 1.29 is 13.8 Å². The van der Waals surface area contributed by atoms with E-state index in [-0.39, 0.29) is 29.8 Å². The Balaban J connectivity index is 1.63. The molecule has 0 spiro atoms. The molecule has 172 valence electrons. The molecule has 0 aromatic heterocycles. The number of rotatable bonds is 9. The van der Waals surface area contributed by atoms with E-state index in [2.05, 4.69) is 17.4 Å². The molecule has 0 aliphatic carbocycles. The first-order valence-electron chi connectivity index (χ1n) is 12.0. The Morgan fingerprint density at radius 1 is 1.10 bits per heavy atom. The molecule has 1 aromatic rings. The van der Waals surface area contributed by atoms with Gasteiger partial charge in [-0.25, -0.2) is 0 Å². The number of amides is 2. The van der Waals surface area contributed by atoms with Crippen molar-refractivity contribution in [2.24, 2.45) is 5.92 Å². The lowest BCUT2D eigenvalue weighted by atomic mass is 9.97. The van der Waals surface area contributed by atoms with E-state index in [1.54, 1.807) is 0 Å². The Bertz CT molecular complexity index is 750. The summed E-state index contributed by atoms with van der Waals surface area (Å²) < 4.78 is 12.8. The average Bonchev–Trinajstić information content (AvgIpc) is 3.16. The number of carbonyl (C=O) groups is 2. The van der Waals surface area contributed by atoms with E-state index >= 15 is 0 Å². The van der Waals surface area contributed by atoms with Crippen molar-refractivity contribution in [3.63, 3.8) is 0 Å².